The van der Waals surface area contributed by atoms with Gasteiger partial charge in [0.15, 0.2) is 0 Å². The molecule has 2 aromatic heterocycles. The number of hydrogen-bond acceptors (Lipinski definition) is 6. The van der Waals surface area contributed by atoms with E-state index in [-0.39, 0.29) is 12.0 Å². The van der Waals surface area contributed by atoms with Crippen molar-refractivity contribution in [3.63, 3.8) is 0 Å². The van der Waals surface area contributed by atoms with Crippen molar-refractivity contribution in [1.82, 2.24) is 24.6 Å². The van der Waals surface area contributed by atoms with Crippen molar-refractivity contribution >= 4 is 5.91 Å². The Labute approximate surface area is 158 Å². The fourth-order valence-electron chi connectivity index (χ4n) is 3.85. The van der Waals surface area contributed by atoms with Gasteiger partial charge < -0.3 is 14.4 Å². The largest absolute Gasteiger partial charge is 0.377 e. The minimum atomic E-state index is -0.403. The highest BCUT2D eigenvalue weighted by Crippen LogP contribution is 2.33. The number of nitrogens with zero attached hydrogens (tertiary/aromatic N) is 5. The number of carbonyl (C=O) groups is 1. The van der Waals surface area contributed by atoms with Gasteiger partial charge in [0.2, 0.25) is 5.91 Å². The summed E-state index contributed by atoms with van der Waals surface area (Å²) in [4.78, 5) is 22.7. The average molecular weight is 371 g/mol. The van der Waals surface area contributed by atoms with Crippen molar-refractivity contribution in [3.8, 4) is 0 Å². The molecule has 0 saturated carbocycles. The van der Waals surface area contributed by atoms with Crippen molar-refractivity contribution in [2.24, 2.45) is 0 Å². The molecule has 0 bridgehead atoms. The van der Waals surface area contributed by atoms with E-state index in [1.54, 1.807) is 18.6 Å². The van der Waals surface area contributed by atoms with Gasteiger partial charge in [0.1, 0.15) is 11.9 Å². The maximum Gasteiger partial charge on any atom is 0.223 e. The normalized spacial score (nSPS) is 25.6. The first kappa shape index (κ1) is 18.1. The Bertz CT molecular complexity index is 739. The number of carbonyl (C=O) groups excluding carboxylic acids is 1. The molecule has 8 nitrogen and oxygen atoms in total. The third-order valence-corrected chi connectivity index (χ3v) is 5.23. The highest BCUT2D eigenvalue weighted by Gasteiger charge is 2.44. The number of amides is 1. The van der Waals surface area contributed by atoms with Crippen LogP contribution in [-0.4, -0.2) is 68.6 Å². The maximum absolute atomic E-state index is 12.8. The molecule has 4 heterocycles. The van der Waals surface area contributed by atoms with Crippen LogP contribution in [0.4, 0.5) is 0 Å². The summed E-state index contributed by atoms with van der Waals surface area (Å²) in [6.45, 7) is 3.02. The van der Waals surface area contributed by atoms with E-state index in [9.17, 15) is 4.79 Å². The summed E-state index contributed by atoms with van der Waals surface area (Å²) >= 11 is 0. The summed E-state index contributed by atoms with van der Waals surface area (Å²) in [5.74, 6) is 0.128. The summed E-state index contributed by atoms with van der Waals surface area (Å²) in [6.07, 6.45) is 11.8. The van der Waals surface area contributed by atoms with Crippen LogP contribution in [0.15, 0.2) is 37.2 Å². The van der Waals surface area contributed by atoms with Crippen LogP contribution in [-0.2, 0) is 27.2 Å². The van der Waals surface area contributed by atoms with Crippen molar-refractivity contribution in [1.29, 1.82) is 0 Å². The monoisotopic (exact) mass is 371 g/mol. The van der Waals surface area contributed by atoms with Gasteiger partial charge in [-0.2, -0.15) is 5.10 Å². The Morgan fingerprint density at radius 1 is 1.33 bits per heavy atom. The van der Waals surface area contributed by atoms with Crippen molar-refractivity contribution in [3.05, 3.63) is 42.7 Å². The molecule has 2 aliphatic rings. The lowest BCUT2D eigenvalue weighted by Gasteiger charge is -2.32. The van der Waals surface area contributed by atoms with Crippen LogP contribution in [0.2, 0.25) is 0 Å². The summed E-state index contributed by atoms with van der Waals surface area (Å²) < 4.78 is 14.1. The lowest BCUT2D eigenvalue weighted by Crippen LogP contribution is -2.47. The van der Waals surface area contributed by atoms with E-state index >= 15 is 0 Å². The highest BCUT2D eigenvalue weighted by atomic mass is 16.6. The second kappa shape index (κ2) is 8.14. The molecule has 144 valence electrons. The average Bonchev–Trinajstić information content (AvgIpc) is 3.28. The van der Waals surface area contributed by atoms with Crippen molar-refractivity contribution < 1.29 is 14.3 Å². The molecule has 8 heteroatoms. The molecule has 4 rings (SSSR count). The first-order valence-electron chi connectivity index (χ1n) is 9.47. The Kier molecular flexibility index (Phi) is 5.45. The van der Waals surface area contributed by atoms with Crippen LogP contribution in [0.25, 0.3) is 0 Å². The fraction of sp³-hybridized carbons (Fsp3) is 0.579. The molecule has 0 radical (unpaired) electrons. The zero-order valence-corrected chi connectivity index (χ0v) is 15.4. The van der Waals surface area contributed by atoms with Gasteiger partial charge in [0, 0.05) is 37.8 Å². The van der Waals surface area contributed by atoms with Crippen LogP contribution < -0.4 is 0 Å². The van der Waals surface area contributed by atoms with E-state index in [1.807, 2.05) is 21.8 Å². The summed E-state index contributed by atoms with van der Waals surface area (Å²) in [6, 6.07) is 1.91. The SMILES string of the molecule is O=C(CCc1cncnc1)N1CCOC[C@]2(CC[C@H](Cn3cccn3)O2)C1. The van der Waals surface area contributed by atoms with E-state index < -0.39 is 5.60 Å². The van der Waals surface area contributed by atoms with Crippen molar-refractivity contribution in [2.75, 3.05) is 26.3 Å². The van der Waals surface area contributed by atoms with Crippen LogP contribution in [0.1, 0.15) is 24.8 Å². The van der Waals surface area contributed by atoms with Crippen LogP contribution in [0.5, 0.6) is 0 Å². The summed E-state index contributed by atoms with van der Waals surface area (Å²) in [7, 11) is 0. The van der Waals surface area contributed by atoms with Crippen LogP contribution in [0, 0.1) is 0 Å². The second-order valence-corrected chi connectivity index (χ2v) is 7.30. The number of aryl methyl sites for hydroxylation is 1. The first-order chi connectivity index (χ1) is 13.2. The van der Waals surface area contributed by atoms with Crippen molar-refractivity contribution in [2.45, 2.75) is 43.9 Å². The van der Waals surface area contributed by atoms with E-state index in [0.717, 1.165) is 24.9 Å². The topological polar surface area (TPSA) is 82.4 Å². The maximum atomic E-state index is 12.8. The predicted molar refractivity (Wildman–Crippen MR) is 96.8 cm³/mol. The molecule has 1 spiro atoms. The summed E-state index contributed by atoms with van der Waals surface area (Å²) in [5.41, 5.74) is 0.572. The molecule has 2 saturated heterocycles. The fourth-order valence-corrected chi connectivity index (χ4v) is 3.85. The Hall–Kier alpha value is -2.32. The number of rotatable bonds is 5. The summed E-state index contributed by atoms with van der Waals surface area (Å²) in [5, 5.41) is 4.26. The highest BCUT2D eigenvalue weighted by molar-refractivity contribution is 5.76. The van der Waals surface area contributed by atoms with Gasteiger partial charge >= 0.3 is 0 Å². The Balaban J connectivity index is 1.35. The predicted octanol–water partition coefficient (Wildman–Crippen LogP) is 1.08. The minimum Gasteiger partial charge on any atom is -0.377 e. The standard InChI is InChI=1S/C19H25N5O3/c25-18(3-2-16-10-20-15-21-11-16)23-8-9-26-14-19(13-23)5-4-17(27-19)12-24-7-1-6-22-24/h1,6-7,10-11,15,17H,2-5,8-9,12-14H2/t17-,19+/m1/s1. The van der Waals surface area contributed by atoms with E-state index in [2.05, 4.69) is 15.1 Å². The second-order valence-electron chi connectivity index (χ2n) is 7.30. The smallest absolute Gasteiger partial charge is 0.223 e. The van der Waals surface area contributed by atoms with Crippen LogP contribution >= 0.6 is 0 Å². The van der Waals surface area contributed by atoms with Gasteiger partial charge in [-0.25, -0.2) is 9.97 Å². The molecular weight excluding hydrogens is 346 g/mol. The zero-order valence-electron chi connectivity index (χ0n) is 15.4. The molecule has 0 aliphatic carbocycles. The number of ether oxygens (including phenoxy) is 2. The molecular formula is C19H25N5O3. The third kappa shape index (κ3) is 4.51. The number of hydrogen-bond donors (Lipinski definition) is 0. The van der Waals surface area contributed by atoms with Gasteiger partial charge in [-0.1, -0.05) is 0 Å². The quantitative estimate of drug-likeness (QED) is 0.782. The number of aromatic nitrogens is 4. The Morgan fingerprint density at radius 2 is 2.22 bits per heavy atom. The Morgan fingerprint density at radius 3 is 3.04 bits per heavy atom. The van der Waals surface area contributed by atoms with Gasteiger partial charge in [-0.05, 0) is 30.9 Å². The van der Waals surface area contributed by atoms with Gasteiger partial charge in [-0.3, -0.25) is 9.48 Å². The molecule has 0 N–H and O–H groups in total. The van der Waals surface area contributed by atoms with E-state index in [0.29, 0.717) is 39.1 Å². The molecule has 2 fully saturated rings. The van der Waals surface area contributed by atoms with E-state index in [4.69, 9.17) is 9.47 Å². The van der Waals surface area contributed by atoms with Gasteiger partial charge in [0.25, 0.3) is 0 Å². The first-order valence-corrected chi connectivity index (χ1v) is 9.47. The third-order valence-electron chi connectivity index (χ3n) is 5.23. The van der Waals surface area contributed by atoms with Crippen LogP contribution in [0.3, 0.4) is 0 Å². The molecule has 0 unspecified atom stereocenters. The lowest BCUT2D eigenvalue weighted by molar-refractivity contribution is -0.136. The zero-order chi connectivity index (χ0) is 18.5. The molecule has 27 heavy (non-hydrogen) atoms. The van der Waals surface area contributed by atoms with E-state index in [1.165, 1.54) is 6.33 Å². The lowest BCUT2D eigenvalue weighted by atomic mass is 9.99. The van der Waals surface area contributed by atoms with Gasteiger partial charge in [-0.15, -0.1) is 0 Å². The molecule has 2 atom stereocenters. The molecule has 2 aromatic rings. The molecule has 0 aromatic carbocycles. The van der Waals surface area contributed by atoms with Gasteiger partial charge in [0.05, 0.1) is 32.4 Å². The molecule has 2 aliphatic heterocycles. The molecule has 1 amide bonds. The minimum absolute atomic E-state index is 0.102.